The van der Waals surface area contributed by atoms with E-state index in [1.807, 2.05) is 9.47 Å². The Bertz CT molecular complexity index is 583. The Morgan fingerprint density at radius 2 is 1.86 bits per heavy atom. The first-order valence-electron chi connectivity index (χ1n) is 8.29. The van der Waals surface area contributed by atoms with Crippen LogP contribution in [0.3, 0.4) is 0 Å². The Hall–Kier alpha value is -1.63. The van der Waals surface area contributed by atoms with Gasteiger partial charge in [0.15, 0.2) is 0 Å². The van der Waals surface area contributed by atoms with Crippen LogP contribution in [0.4, 0.5) is 0 Å². The van der Waals surface area contributed by atoms with Crippen LogP contribution >= 0.6 is 0 Å². The largest absolute Gasteiger partial charge is 0.345 e. The lowest BCUT2D eigenvalue weighted by Crippen LogP contribution is -2.48. The monoisotopic (exact) mass is 307 g/mol. The van der Waals surface area contributed by atoms with Gasteiger partial charge in [-0.1, -0.05) is 0 Å². The van der Waals surface area contributed by atoms with E-state index in [4.69, 9.17) is 0 Å². The van der Waals surface area contributed by atoms with Gasteiger partial charge in [-0.15, -0.1) is 0 Å². The third kappa shape index (κ3) is 3.24. The molecule has 0 radical (unpaired) electrons. The topological polar surface area (TPSA) is 63.4 Å². The van der Waals surface area contributed by atoms with Gasteiger partial charge in [0.2, 0.25) is 5.91 Å². The zero-order valence-corrected chi connectivity index (χ0v) is 13.3. The second-order valence-corrected chi connectivity index (χ2v) is 6.23. The molecule has 0 spiro atoms. The van der Waals surface area contributed by atoms with E-state index in [-0.39, 0.29) is 11.6 Å². The van der Waals surface area contributed by atoms with Crippen LogP contribution in [0.25, 0.3) is 0 Å². The zero-order chi connectivity index (χ0) is 15.5. The number of fused-ring (bicyclic) bond motifs is 1. The Morgan fingerprint density at radius 3 is 2.55 bits per heavy atom. The van der Waals surface area contributed by atoms with E-state index in [1.54, 1.807) is 11.6 Å². The second kappa shape index (κ2) is 6.64. The van der Waals surface area contributed by atoms with Gasteiger partial charge in [0.25, 0.3) is 0 Å². The van der Waals surface area contributed by atoms with E-state index in [2.05, 4.69) is 10.00 Å². The minimum absolute atomic E-state index is 0.0519. The molecule has 1 amide bonds. The van der Waals surface area contributed by atoms with Crippen molar-refractivity contribution in [3.05, 3.63) is 16.3 Å². The van der Waals surface area contributed by atoms with Gasteiger partial charge in [-0.2, -0.15) is 5.10 Å². The Labute approximate surface area is 130 Å². The van der Waals surface area contributed by atoms with Crippen molar-refractivity contribution in [2.45, 2.75) is 45.7 Å². The van der Waals surface area contributed by atoms with Crippen LogP contribution in [-0.4, -0.2) is 62.8 Å². The third-order valence-electron chi connectivity index (χ3n) is 4.69. The number of amides is 1. The van der Waals surface area contributed by atoms with E-state index in [1.165, 1.54) is 0 Å². The number of carbonyl (C=O) groups excluding carboxylic acids is 1. The van der Waals surface area contributed by atoms with E-state index in [0.29, 0.717) is 6.54 Å². The molecule has 0 unspecified atom stereocenters. The Balaban J connectivity index is 1.47. The lowest BCUT2D eigenvalue weighted by molar-refractivity contribution is -0.130. The maximum atomic E-state index is 12.2. The van der Waals surface area contributed by atoms with Gasteiger partial charge in [0, 0.05) is 59.2 Å². The summed E-state index contributed by atoms with van der Waals surface area (Å²) >= 11 is 0. The highest BCUT2D eigenvalue weighted by molar-refractivity contribution is 5.73. The van der Waals surface area contributed by atoms with Crippen molar-refractivity contribution >= 4 is 5.91 Å². The van der Waals surface area contributed by atoms with Crippen molar-refractivity contribution in [2.75, 3.05) is 32.7 Å². The van der Waals surface area contributed by atoms with E-state index in [9.17, 15) is 9.59 Å². The number of rotatable bonds is 4. The van der Waals surface area contributed by atoms with Gasteiger partial charge in [-0.05, 0) is 19.3 Å². The minimum Gasteiger partial charge on any atom is -0.340 e. The first-order chi connectivity index (χ1) is 10.6. The van der Waals surface area contributed by atoms with E-state index >= 15 is 0 Å². The number of aromatic nitrogens is 3. The third-order valence-corrected chi connectivity index (χ3v) is 4.69. The Morgan fingerprint density at radius 1 is 1.09 bits per heavy atom. The fourth-order valence-corrected chi connectivity index (χ4v) is 3.32. The van der Waals surface area contributed by atoms with Crippen molar-refractivity contribution in [3.8, 4) is 0 Å². The van der Waals surface area contributed by atoms with Crippen LogP contribution in [0.5, 0.6) is 0 Å². The van der Waals surface area contributed by atoms with Crippen LogP contribution in [0.2, 0.25) is 0 Å². The molecular formula is C15H25N5O2. The van der Waals surface area contributed by atoms with Gasteiger partial charge in [0.1, 0.15) is 5.82 Å². The molecule has 0 aliphatic carbocycles. The van der Waals surface area contributed by atoms with Crippen LogP contribution in [0.1, 0.15) is 32.0 Å². The number of piperazine rings is 1. The average Bonchev–Trinajstić information content (AvgIpc) is 2.85. The summed E-state index contributed by atoms with van der Waals surface area (Å²) in [7, 11) is 0. The maximum Gasteiger partial charge on any atom is 0.345 e. The summed E-state index contributed by atoms with van der Waals surface area (Å²) in [5.41, 5.74) is 0.0519. The SMILES string of the molecule is CC(=O)N1CCN(CCCn2nc3n(c2=O)CCCC3)CC1. The van der Waals surface area contributed by atoms with Crippen LogP contribution in [-0.2, 0) is 24.3 Å². The number of hydrogen-bond donors (Lipinski definition) is 0. The first-order valence-corrected chi connectivity index (χ1v) is 8.29. The molecule has 22 heavy (non-hydrogen) atoms. The van der Waals surface area contributed by atoms with Crippen molar-refractivity contribution < 1.29 is 4.79 Å². The van der Waals surface area contributed by atoms with Gasteiger partial charge in [0.05, 0.1) is 0 Å². The fraction of sp³-hybridized carbons (Fsp3) is 0.800. The molecule has 1 fully saturated rings. The summed E-state index contributed by atoms with van der Waals surface area (Å²) in [6.07, 6.45) is 4.07. The smallest absolute Gasteiger partial charge is 0.340 e. The molecule has 0 aromatic carbocycles. The van der Waals surface area contributed by atoms with Crippen LogP contribution in [0, 0.1) is 0 Å². The normalized spacial score (nSPS) is 19.2. The second-order valence-electron chi connectivity index (χ2n) is 6.23. The predicted octanol–water partition coefficient (Wildman–Crippen LogP) is -0.0647. The highest BCUT2D eigenvalue weighted by Gasteiger charge is 2.19. The molecule has 2 aliphatic heterocycles. The zero-order valence-electron chi connectivity index (χ0n) is 13.3. The summed E-state index contributed by atoms with van der Waals surface area (Å²) in [4.78, 5) is 27.8. The summed E-state index contributed by atoms with van der Waals surface area (Å²) in [6.45, 7) is 7.57. The van der Waals surface area contributed by atoms with Gasteiger partial charge >= 0.3 is 5.69 Å². The molecule has 3 heterocycles. The van der Waals surface area contributed by atoms with Crippen LogP contribution in [0.15, 0.2) is 4.79 Å². The van der Waals surface area contributed by atoms with Crippen molar-refractivity contribution in [3.63, 3.8) is 0 Å². The van der Waals surface area contributed by atoms with E-state index < -0.39 is 0 Å². The van der Waals surface area contributed by atoms with Gasteiger partial charge < -0.3 is 4.90 Å². The molecule has 1 aromatic rings. The molecule has 122 valence electrons. The quantitative estimate of drug-likeness (QED) is 0.781. The number of nitrogens with zero attached hydrogens (tertiary/aromatic N) is 5. The lowest BCUT2D eigenvalue weighted by Gasteiger charge is -2.34. The molecule has 3 rings (SSSR count). The van der Waals surface area contributed by atoms with Crippen molar-refractivity contribution in [1.29, 1.82) is 0 Å². The summed E-state index contributed by atoms with van der Waals surface area (Å²) < 4.78 is 3.46. The molecule has 0 saturated carbocycles. The maximum absolute atomic E-state index is 12.2. The number of aryl methyl sites for hydroxylation is 2. The van der Waals surface area contributed by atoms with Crippen molar-refractivity contribution in [1.82, 2.24) is 24.1 Å². The highest BCUT2D eigenvalue weighted by Crippen LogP contribution is 2.09. The van der Waals surface area contributed by atoms with Gasteiger partial charge in [-0.25, -0.2) is 9.48 Å². The molecule has 1 aromatic heterocycles. The molecule has 0 N–H and O–H groups in total. The summed E-state index contributed by atoms with van der Waals surface area (Å²) in [6, 6.07) is 0. The van der Waals surface area contributed by atoms with Crippen molar-refractivity contribution in [2.24, 2.45) is 0 Å². The average molecular weight is 307 g/mol. The summed E-state index contributed by atoms with van der Waals surface area (Å²) in [5, 5.41) is 4.46. The predicted molar refractivity (Wildman–Crippen MR) is 82.7 cm³/mol. The number of carbonyl (C=O) groups is 1. The van der Waals surface area contributed by atoms with E-state index in [0.717, 1.165) is 70.8 Å². The first kappa shape index (κ1) is 15.3. The molecule has 0 atom stereocenters. The number of hydrogen-bond acceptors (Lipinski definition) is 4. The molecule has 7 nitrogen and oxygen atoms in total. The summed E-state index contributed by atoms with van der Waals surface area (Å²) in [5.74, 6) is 1.11. The molecule has 7 heteroatoms. The highest BCUT2D eigenvalue weighted by atomic mass is 16.2. The van der Waals surface area contributed by atoms with Gasteiger partial charge in [-0.3, -0.25) is 14.3 Å². The Kier molecular flexibility index (Phi) is 4.61. The van der Waals surface area contributed by atoms with Crippen LogP contribution < -0.4 is 5.69 Å². The minimum atomic E-state index is 0.0519. The molecule has 1 saturated heterocycles. The molecular weight excluding hydrogens is 282 g/mol. The molecule has 2 aliphatic rings. The lowest BCUT2D eigenvalue weighted by atomic mass is 10.2. The molecule has 0 bridgehead atoms. The fourth-order valence-electron chi connectivity index (χ4n) is 3.32. The standard InChI is InChI=1S/C15H25N5O2/c1-13(21)18-11-9-17(10-12-18)6-4-8-20-15(22)19-7-3-2-5-14(19)16-20/h2-12H2,1H3.